The zero-order valence-corrected chi connectivity index (χ0v) is 13.6. The van der Waals surface area contributed by atoms with Gasteiger partial charge in [0.15, 0.2) is 0 Å². The van der Waals surface area contributed by atoms with Gasteiger partial charge in [0.1, 0.15) is 11.9 Å². The van der Waals surface area contributed by atoms with Gasteiger partial charge in [-0.1, -0.05) is 23.7 Å². The number of rotatable bonds is 4. The largest absolute Gasteiger partial charge is 0.287 e. The van der Waals surface area contributed by atoms with E-state index >= 15 is 0 Å². The second-order valence-electron chi connectivity index (χ2n) is 5.38. The molecule has 3 amide bonds. The summed E-state index contributed by atoms with van der Waals surface area (Å²) in [5.74, 6) is -1.97. The normalized spacial score (nSPS) is 17.0. The summed E-state index contributed by atoms with van der Waals surface area (Å²) in [6.45, 7) is 0. The number of benzene rings is 2. The topological polar surface area (TPSA) is 78.5 Å². The molecule has 0 radical (unpaired) electrons. The summed E-state index contributed by atoms with van der Waals surface area (Å²) in [5.41, 5.74) is 5.45. The van der Waals surface area contributed by atoms with Gasteiger partial charge in [0.25, 0.3) is 11.8 Å². The first-order chi connectivity index (χ1) is 12.0. The van der Waals surface area contributed by atoms with Crippen molar-refractivity contribution in [1.82, 2.24) is 10.9 Å². The highest BCUT2D eigenvalue weighted by Gasteiger charge is 2.39. The van der Waals surface area contributed by atoms with Crippen LogP contribution in [-0.2, 0) is 9.59 Å². The second kappa shape index (κ2) is 7.00. The van der Waals surface area contributed by atoms with Gasteiger partial charge in [0, 0.05) is 0 Å². The van der Waals surface area contributed by atoms with Gasteiger partial charge in [0.2, 0.25) is 5.91 Å². The molecule has 0 saturated carbocycles. The van der Waals surface area contributed by atoms with Gasteiger partial charge >= 0.3 is 0 Å². The van der Waals surface area contributed by atoms with Gasteiger partial charge in [-0.2, -0.15) is 0 Å². The number of nitrogens with zero attached hydrogens (tertiary/aromatic N) is 1. The van der Waals surface area contributed by atoms with Crippen molar-refractivity contribution < 1.29 is 18.8 Å². The predicted molar refractivity (Wildman–Crippen MR) is 89.4 cm³/mol. The lowest BCUT2D eigenvalue weighted by atomic mass is 10.2. The Balaban J connectivity index is 1.67. The lowest BCUT2D eigenvalue weighted by Crippen LogP contribution is -2.48. The summed E-state index contributed by atoms with van der Waals surface area (Å²) in [4.78, 5) is 37.5. The number of amides is 3. The fourth-order valence-electron chi connectivity index (χ4n) is 2.47. The fraction of sp³-hybridized carbons (Fsp3) is 0.118. The predicted octanol–water partition coefficient (Wildman–Crippen LogP) is 2.05. The summed E-state index contributed by atoms with van der Waals surface area (Å²) in [6.07, 6.45) is -0.126. The molecule has 3 rings (SSSR count). The van der Waals surface area contributed by atoms with E-state index in [1.807, 2.05) is 0 Å². The highest BCUT2D eigenvalue weighted by Crippen LogP contribution is 2.23. The summed E-state index contributed by atoms with van der Waals surface area (Å²) in [6, 6.07) is 10.5. The zero-order chi connectivity index (χ0) is 18.0. The van der Waals surface area contributed by atoms with Gasteiger partial charge in [-0.05, 0) is 36.4 Å². The molecule has 0 bridgehead atoms. The second-order valence-corrected chi connectivity index (χ2v) is 5.79. The van der Waals surface area contributed by atoms with Crippen molar-refractivity contribution in [3.8, 4) is 0 Å². The van der Waals surface area contributed by atoms with E-state index in [0.717, 1.165) is 17.0 Å². The molecule has 0 unspecified atom stereocenters. The van der Waals surface area contributed by atoms with E-state index in [4.69, 9.17) is 11.6 Å². The molecule has 2 aromatic rings. The van der Waals surface area contributed by atoms with E-state index < -0.39 is 29.6 Å². The van der Waals surface area contributed by atoms with Crippen LogP contribution in [0.4, 0.5) is 10.1 Å². The molecule has 1 saturated heterocycles. The van der Waals surface area contributed by atoms with E-state index in [2.05, 4.69) is 10.9 Å². The third-order valence-corrected chi connectivity index (χ3v) is 4.04. The summed E-state index contributed by atoms with van der Waals surface area (Å²) >= 11 is 5.93. The van der Waals surface area contributed by atoms with Crippen molar-refractivity contribution in [3.63, 3.8) is 0 Å². The molecule has 1 aliphatic heterocycles. The van der Waals surface area contributed by atoms with E-state index in [1.165, 1.54) is 18.2 Å². The maximum atomic E-state index is 13.0. The van der Waals surface area contributed by atoms with E-state index in [-0.39, 0.29) is 22.7 Å². The van der Waals surface area contributed by atoms with Crippen LogP contribution in [0, 0.1) is 5.82 Å². The quantitative estimate of drug-likeness (QED) is 0.645. The number of hydrogen-bond acceptors (Lipinski definition) is 4. The van der Waals surface area contributed by atoms with Crippen molar-refractivity contribution in [1.29, 1.82) is 0 Å². The van der Waals surface area contributed by atoms with Crippen molar-refractivity contribution in [2.75, 3.05) is 4.90 Å². The number of carbonyl (C=O) groups is 3. The standard InChI is InChI=1S/C17H13ClFN3O3/c18-13-4-2-1-3-12(13)16(24)21-20-14-9-15(23)22(17(14)25)11-7-5-10(19)6-8-11/h1-8,14,20H,9H2,(H,21,24)/t14-/m0/s1. The molecule has 0 aromatic heterocycles. The number of nitrogens with one attached hydrogen (secondary N) is 2. The van der Waals surface area contributed by atoms with Crippen molar-refractivity contribution >= 4 is 35.0 Å². The number of carbonyl (C=O) groups excluding carboxylic acids is 3. The number of hydrazine groups is 1. The molecular weight excluding hydrogens is 349 g/mol. The molecule has 1 fully saturated rings. The maximum absolute atomic E-state index is 13.0. The lowest BCUT2D eigenvalue weighted by Gasteiger charge is -2.16. The molecule has 128 valence electrons. The van der Waals surface area contributed by atoms with Crippen LogP contribution in [0.3, 0.4) is 0 Å². The smallest absolute Gasteiger partial charge is 0.266 e. The van der Waals surface area contributed by atoms with Gasteiger partial charge in [0.05, 0.1) is 22.7 Å². The summed E-state index contributed by atoms with van der Waals surface area (Å²) in [7, 11) is 0. The van der Waals surface area contributed by atoms with Crippen LogP contribution in [0.2, 0.25) is 5.02 Å². The van der Waals surface area contributed by atoms with Crippen LogP contribution in [0.5, 0.6) is 0 Å². The van der Waals surface area contributed by atoms with Crippen molar-refractivity contribution in [2.24, 2.45) is 0 Å². The number of anilines is 1. The third kappa shape index (κ3) is 3.52. The van der Waals surface area contributed by atoms with Crippen LogP contribution >= 0.6 is 11.6 Å². The minimum Gasteiger partial charge on any atom is -0.287 e. The Morgan fingerprint density at radius 3 is 2.48 bits per heavy atom. The molecule has 2 aromatic carbocycles. The molecule has 25 heavy (non-hydrogen) atoms. The van der Waals surface area contributed by atoms with Crippen LogP contribution in [0.15, 0.2) is 48.5 Å². The van der Waals surface area contributed by atoms with E-state index in [1.54, 1.807) is 18.2 Å². The van der Waals surface area contributed by atoms with E-state index in [0.29, 0.717) is 0 Å². The highest BCUT2D eigenvalue weighted by molar-refractivity contribution is 6.33. The first-order valence-corrected chi connectivity index (χ1v) is 7.78. The Morgan fingerprint density at radius 2 is 1.80 bits per heavy atom. The van der Waals surface area contributed by atoms with Crippen LogP contribution in [-0.4, -0.2) is 23.8 Å². The average molecular weight is 362 g/mol. The highest BCUT2D eigenvalue weighted by atomic mass is 35.5. The Labute approximate surface area is 147 Å². The number of halogens is 2. The molecule has 0 spiro atoms. The molecule has 6 nitrogen and oxygen atoms in total. The summed E-state index contributed by atoms with van der Waals surface area (Å²) in [5, 5.41) is 0.267. The molecule has 2 N–H and O–H groups in total. The monoisotopic (exact) mass is 361 g/mol. The Morgan fingerprint density at radius 1 is 1.12 bits per heavy atom. The maximum Gasteiger partial charge on any atom is 0.266 e. The van der Waals surface area contributed by atoms with Crippen LogP contribution in [0.25, 0.3) is 0 Å². The zero-order valence-electron chi connectivity index (χ0n) is 12.8. The first kappa shape index (κ1) is 17.1. The van der Waals surface area contributed by atoms with Gasteiger partial charge in [-0.15, -0.1) is 0 Å². The molecule has 1 aliphatic rings. The number of hydrogen-bond donors (Lipinski definition) is 2. The van der Waals surface area contributed by atoms with Crippen LogP contribution < -0.4 is 15.8 Å². The third-order valence-electron chi connectivity index (χ3n) is 3.71. The molecule has 8 heteroatoms. The Bertz CT molecular complexity index is 841. The Kier molecular flexibility index (Phi) is 4.78. The molecule has 1 heterocycles. The van der Waals surface area contributed by atoms with Gasteiger partial charge < -0.3 is 0 Å². The summed E-state index contributed by atoms with van der Waals surface area (Å²) < 4.78 is 13.0. The van der Waals surface area contributed by atoms with Gasteiger partial charge in [-0.3, -0.25) is 19.8 Å². The molecular formula is C17H13ClFN3O3. The Hall–Kier alpha value is -2.77. The fourth-order valence-corrected chi connectivity index (χ4v) is 2.69. The minimum absolute atomic E-state index is 0.126. The van der Waals surface area contributed by atoms with Crippen LogP contribution in [0.1, 0.15) is 16.8 Å². The molecule has 0 aliphatic carbocycles. The average Bonchev–Trinajstić information content (AvgIpc) is 2.88. The van der Waals surface area contributed by atoms with Gasteiger partial charge in [-0.25, -0.2) is 14.7 Å². The number of imide groups is 1. The van der Waals surface area contributed by atoms with Crippen molar-refractivity contribution in [2.45, 2.75) is 12.5 Å². The lowest BCUT2D eigenvalue weighted by molar-refractivity contribution is -0.121. The van der Waals surface area contributed by atoms with E-state index in [9.17, 15) is 18.8 Å². The first-order valence-electron chi connectivity index (χ1n) is 7.40. The van der Waals surface area contributed by atoms with Crippen molar-refractivity contribution in [3.05, 3.63) is 64.9 Å². The molecule has 1 atom stereocenters. The minimum atomic E-state index is -0.913. The SMILES string of the molecule is O=C(NN[C@H]1CC(=O)N(c2ccc(F)cc2)C1=O)c1ccccc1Cl.